The summed E-state index contributed by atoms with van der Waals surface area (Å²) in [5.41, 5.74) is 1.28. The summed E-state index contributed by atoms with van der Waals surface area (Å²) in [6, 6.07) is 4.69. The fourth-order valence-electron chi connectivity index (χ4n) is 2.59. The van der Waals surface area contributed by atoms with Crippen LogP contribution in [0.15, 0.2) is 43.0 Å². The third kappa shape index (κ3) is 4.02. The highest BCUT2D eigenvalue weighted by molar-refractivity contribution is 5.88. The molecular formula is C18H20N6O2. The normalized spacial score (nSPS) is 10.7. The van der Waals surface area contributed by atoms with Gasteiger partial charge >= 0.3 is 5.97 Å². The van der Waals surface area contributed by atoms with Gasteiger partial charge in [-0.15, -0.1) is 0 Å². The highest BCUT2D eigenvalue weighted by Crippen LogP contribution is 2.18. The van der Waals surface area contributed by atoms with E-state index < -0.39 is 5.97 Å². The van der Waals surface area contributed by atoms with E-state index in [2.05, 4.69) is 19.9 Å². The fraction of sp³-hybridized carbons (Fsp3) is 0.278. The Labute approximate surface area is 151 Å². The number of carboxylic acids is 1. The van der Waals surface area contributed by atoms with Gasteiger partial charge in [-0.2, -0.15) is 0 Å². The van der Waals surface area contributed by atoms with Crippen molar-refractivity contribution in [2.75, 3.05) is 18.5 Å². The highest BCUT2D eigenvalue weighted by atomic mass is 16.4. The molecule has 0 fully saturated rings. The molecule has 0 saturated carbocycles. The van der Waals surface area contributed by atoms with Gasteiger partial charge in [0.2, 0.25) is 5.95 Å². The van der Waals surface area contributed by atoms with E-state index in [1.807, 2.05) is 29.8 Å². The first-order chi connectivity index (χ1) is 12.5. The van der Waals surface area contributed by atoms with Crippen molar-refractivity contribution in [2.45, 2.75) is 12.8 Å². The van der Waals surface area contributed by atoms with Gasteiger partial charge in [0, 0.05) is 51.8 Å². The van der Waals surface area contributed by atoms with E-state index >= 15 is 0 Å². The number of carbonyl (C=O) groups is 1. The molecule has 0 aromatic carbocycles. The van der Waals surface area contributed by atoms with Gasteiger partial charge in [0.05, 0.1) is 17.0 Å². The number of imidazole rings is 1. The number of hydrogen-bond donors (Lipinski definition) is 1. The zero-order valence-corrected chi connectivity index (χ0v) is 14.7. The minimum atomic E-state index is -0.991. The number of hydrogen-bond acceptors (Lipinski definition) is 6. The number of rotatable bonds is 7. The molecule has 0 amide bonds. The first-order valence-corrected chi connectivity index (χ1v) is 8.24. The van der Waals surface area contributed by atoms with Crippen LogP contribution in [0.4, 0.5) is 5.95 Å². The maximum Gasteiger partial charge on any atom is 0.335 e. The number of aromatic nitrogens is 5. The predicted octanol–water partition coefficient (Wildman–Crippen LogP) is 2.04. The van der Waals surface area contributed by atoms with Crippen molar-refractivity contribution < 1.29 is 9.90 Å². The maximum absolute atomic E-state index is 11.1. The van der Waals surface area contributed by atoms with Gasteiger partial charge in [0.15, 0.2) is 0 Å². The summed E-state index contributed by atoms with van der Waals surface area (Å²) in [7, 11) is 3.91. The molecule has 0 unspecified atom stereocenters. The number of anilines is 1. The van der Waals surface area contributed by atoms with Gasteiger partial charge in [-0.1, -0.05) is 0 Å². The van der Waals surface area contributed by atoms with Gasteiger partial charge in [-0.3, -0.25) is 4.98 Å². The molecule has 0 spiro atoms. The molecule has 0 atom stereocenters. The van der Waals surface area contributed by atoms with Gasteiger partial charge in [-0.25, -0.2) is 19.7 Å². The molecular weight excluding hydrogens is 332 g/mol. The van der Waals surface area contributed by atoms with Crippen molar-refractivity contribution in [1.82, 2.24) is 24.5 Å². The van der Waals surface area contributed by atoms with Crippen molar-refractivity contribution in [3.63, 3.8) is 0 Å². The molecule has 3 aromatic heterocycles. The van der Waals surface area contributed by atoms with Crippen LogP contribution < -0.4 is 4.90 Å². The van der Waals surface area contributed by atoms with Crippen LogP contribution in [0.25, 0.3) is 11.4 Å². The molecule has 8 heteroatoms. The summed E-state index contributed by atoms with van der Waals surface area (Å²) in [6.45, 7) is 0.777. The maximum atomic E-state index is 11.1. The Hall–Kier alpha value is -3.29. The molecule has 0 aliphatic heterocycles. The van der Waals surface area contributed by atoms with E-state index in [9.17, 15) is 4.79 Å². The van der Waals surface area contributed by atoms with Crippen molar-refractivity contribution in [2.24, 2.45) is 7.05 Å². The lowest BCUT2D eigenvalue weighted by atomic mass is 10.2. The summed E-state index contributed by atoms with van der Waals surface area (Å²) in [5.74, 6) is 0.627. The van der Waals surface area contributed by atoms with Crippen LogP contribution in [-0.2, 0) is 13.5 Å². The molecule has 0 radical (unpaired) electrons. The van der Waals surface area contributed by atoms with Crippen LogP contribution in [0.3, 0.4) is 0 Å². The first-order valence-electron chi connectivity index (χ1n) is 8.24. The molecule has 0 bridgehead atoms. The van der Waals surface area contributed by atoms with Crippen LogP contribution in [0, 0.1) is 0 Å². The zero-order chi connectivity index (χ0) is 18.5. The molecule has 0 saturated heterocycles. The topological polar surface area (TPSA) is 97.0 Å². The molecule has 3 rings (SSSR count). The third-order valence-corrected chi connectivity index (χ3v) is 4.07. The average molecular weight is 352 g/mol. The summed E-state index contributed by atoms with van der Waals surface area (Å²) in [5, 5.41) is 9.12. The molecule has 134 valence electrons. The minimum absolute atomic E-state index is 0.179. The Balaban J connectivity index is 1.69. The van der Waals surface area contributed by atoms with Gasteiger partial charge in [-0.05, 0) is 24.6 Å². The molecule has 3 heterocycles. The highest BCUT2D eigenvalue weighted by Gasteiger charge is 2.10. The summed E-state index contributed by atoms with van der Waals surface area (Å²) in [6.07, 6.45) is 8.64. The van der Waals surface area contributed by atoms with Crippen LogP contribution in [-0.4, -0.2) is 49.2 Å². The summed E-state index contributed by atoms with van der Waals surface area (Å²) < 4.78 is 2.01. The van der Waals surface area contributed by atoms with Crippen molar-refractivity contribution >= 4 is 11.9 Å². The Bertz CT molecular complexity index is 908. The smallest absolute Gasteiger partial charge is 0.335 e. The average Bonchev–Trinajstić information content (AvgIpc) is 3.07. The van der Waals surface area contributed by atoms with Crippen LogP contribution in [0.2, 0.25) is 0 Å². The number of aromatic carboxylic acids is 1. The molecule has 1 N–H and O–H groups in total. The van der Waals surface area contributed by atoms with Crippen molar-refractivity contribution in [1.29, 1.82) is 0 Å². The number of aryl methyl sites for hydroxylation is 2. The SMILES string of the molecule is CN(CCCc1nccn1C)c1nccc(-c2cc(C(=O)O)ccn2)n1. The monoisotopic (exact) mass is 352 g/mol. The predicted molar refractivity (Wildman–Crippen MR) is 97.0 cm³/mol. The molecule has 0 aliphatic rings. The van der Waals surface area contributed by atoms with Crippen molar-refractivity contribution in [3.05, 3.63) is 54.4 Å². The standard InChI is InChI=1S/C18H20N6O2/c1-23-11-9-20-16(23)4-3-10-24(2)18-21-8-6-14(22-18)15-12-13(17(25)26)5-7-19-15/h5-9,11-12H,3-4,10H2,1-2H3,(H,25,26). The van der Waals surface area contributed by atoms with E-state index in [-0.39, 0.29) is 5.56 Å². The Morgan fingerprint density at radius 3 is 2.69 bits per heavy atom. The summed E-state index contributed by atoms with van der Waals surface area (Å²) >= 11 is 0. The quantitative estimate of drug-likeness (QED) is 0.695. The second-order valence-corrected chi connectivity index (χ2v) is 5.96. The second kappa shape index (κ2) is 7.73. The lowest BCUT2D eigenvalue weighted by Gasteiger charge is -2.17. The van der Waals surface area contributed by atoms with Crippen LogP contribution in [0.5, 0.6) is 0 Å². The van der Waals surface area contributed by atoms with Crippen LogP contribution in [0.1, 0.15) is 22.6 Å². The Kier molecular flexibility index (Phi) is 5.21. The largest absolute Gasteiger partial charge is 0.478 e. The van der Waals surface area contributed by atoms with E-state index in [1.165, 1.54) is 18.3 Å². The molecule has 3 aromatic rings. The van der Waals surface area contributed by atoms with Crippen molar-refractivity contribution in [3.8, 4) is 11.4 Å². The number of pyridine rings is 1. The molecule has 0 aliphatic carbocycles. The lowest BCUT2D eigenvalue weighted by Crippen LogP contribution is -2.22. The Morgan fingerprint density at radius 1 is 1.15 bits per heavy atom. The molecule has 8 nitrogen and oxygen atoms in total. The van der Waals surface area contributed by atoms with E-state index in [0.717, 1.165) is 25.2 Å². The van der Waals surface area contributed by atoms with E-state index in [0.29, 0.717) is 17.3 Å². The van der Waals surface area contributed by atoms with Gasteiger partial charge < -0.3 is 14.6 Å². The first kappa shape index (κ1) is 17.5. The lowest BCUT2D eigenvalue weighted by molar-refractivity contribution is 0.0697. The number of nitrogens with zero attached hydrogens (tertiary/aromatic N) is 6. The second-order valence-electron chi connectivity index (χ2n) is 5.96. The zero-order valence-electron chi connectivity index (χ0n) is 14.7. The third-order valence-electron chi connectivity index (χ3n) is 4.07. The minimum Gasteiger partial charge on any atom is -0.478 e. The number of carboxylic acid groups (broad SMARTS) is 1. The Morgan fingerprint density at radius 2 is 1.96 bits per heavy atom. The van der Waals surface area contributed by atoms with Gasteiger partial charge in [0.25, 0.3) is 0 Å². The van der Waals surface area contributed by atoms with E-state index in [4.69, 9.17) is 5.11 Å². The van der Waals surface area contributed by atoms with E-state index in [1.54, 1.807) is 18.5 Å². The molecule has 26 heavy (non-hydrogen) atoms. The van der Waals surface area contributed by atoms with Crippen LogP contribution >= 0.6 is 0 Å². The fourth-order valence-corrected chi connectivity index (χ4v) is 2.59. The van der Waals surface area contributed by atoms with Gasteiger partial charge in [0.1, 0.15) is 5.82 Å². The summed E-state index contributed by atoms with van der Waals surface area (Å²) in [4.78, 5) is 30.4.